The summed E-state index contributed by atoms with van der Waals surface area (Å²) in [5.74, 6) is 0.984. The first-order valence-electron chi connectivity index (χ1n) is 4.54. The lowest BCUT2D eigenvalue weighted by molar-refractivity contribution is 1.13. The fourth-order valence-corrected chi connectivity index (χ4v) is 0.971. The minimum absolute atomic E-state index is 0.984. The monoisotopic (exact) mass is 192 g/mol. The molecule has 0 atom stereocenters. The molecule has 0 saturated carbocycles. The van der Waals surface area contributed by atoms with Gasteiger partial charge in [-0.15, -0.1) is 0 Å². The number of nitrogens with one attached hydrogen (secondary N) is 2. The molecule has 2 aromatic rings. The van der Waals surface area contributed by atoms with Crippen molar-refractivity contribution in [1.82, 2.24) is 19.9 Å². The smallest absolute Gasteiger partial charge is 0.103 e. The van der Waals surface area contributed by atoms with E-state index < -0.39 is 0 Å². The van der Waals surface area contributed by atoms with Crippen LogP contribution in [-0.2, 0) is 0 Å². The van der Waals surface area contributed by atoms with Gasteiger partial charge < -0.3 is 9.97 Å². The van der Waals surface area contributed by atoms with Gasteiger partial charge in [-0.2, -0.15) is 0 Å². The molecule has 0 aromatic carbocycles. The summed E-state index contributed by atoms with van der Waals surface area (Å²) in [6.45, 7) is 7.90. The molecular formula is C10H16N4. The lowest BCUT2D eigenvalue weighted by Crippen LogP contribution is -1.71. The van der Waals surface area contributed by atoms with Gasteiger partial charge in [0.15, 0.2) is 0 Å². The molecule has 2 N–H and O–H groups in total. The summed E-state index contributed by atoms with van der Waals surface area (Å²) in [6.07, 6.45) is 3.51. The molecule has 0 bridgehead atoms. The first-order chi connectivity index (χ1) is 6.59. The van der Waals surface area contributed by atoms with Gasteiger partial charge in [0.2, 0.25) is 0 Å². The van der Waals surface area contributed by atoms with Gasteiger partial charge in [0.1, 0.15) is 5.82 Å². The van der Waals surface area contributed by atoms with Crippen molar-refractivity contribution in [3.05, 3.63) is 35.4 Å². The van der Waals surface area contributed by atoms with Gasteiger partial charge >= 0.3 is 0 Å². The van der Waals surface area contributed by atoms with Gasteiger partial charge in [-0.3, -0.25) is 0 Å². The Balaban J connectivity index is 0.000000140. The van der Waals surface area contributed by atoms with Crippen LogP contribution in [0.25, 0.3) is 0 Å². The molecule has 0 fully saturated rings. The number of imidazole rings is 2. The highest BCUT2D eigenvalue weighted by Gasteiger charge is 1.87. The van der Waals surface area contributed by atoms with Crippen molar-refractivity contribution >= 4 is 0 Å². The third-order valence-electron chi connectivity index (χ3n) is 1.91. The topological polar surface area (TPSA) is 57.4 Å². The Labute approximate surface area is 83.8 Å². The maximum Gasteiger partial charge on any atom is 0.103 e. The Kier molecular flexibility index (Phi) is 3.45. The number of hydrogen-bond acceptors (Lipinski definition) is 2. The number of nitrogens with zero attached hydrogens (tertiary/aromatic N) is 2. The van der Waals surface area contributed by atoms with E-state index in [1.807, 2.05) is 33.9 Å². The van der Waals surface area contributed by atoms with Crippen LogP contribution >= 0.6 is 0 Å². The molecule has 2 rings (SSSR count). The van der Waals surface area contributed by atoms with Crippen LogP contribution in [0.1, 0.15) is 22.9 Å². The lowest BCUT2D eigenvalue weighted by Gasteiger charge is -1.79. The number of rotatable bonds is 0. The highest BCUT2D eigenvalue weighted by Crippen LogP contribution is 1.94. The Morgan fingerprint density at radius 1 is 1.07 bits per heavy atom. The number of hydrogen-bond donors (Lipinski definition) is 2. The van der Waals surface area contributed by atoms with E-state index in [0.717, 1.165) is 22.9 Å². The number of aromatic nitrogens is 4. The van der Waals surface area contributed by atoms with Gasteiger partial charge in [-0.05, 0) is 27.7 Å². The molecule has 0 unspecified atom stereocenters. The summed E-state index contributed by atoms with van der Waals surface area (Å²) < 4.78 is 0. The summed E-state index contributed by atoms with van der Waals surface area (Å²) in [4.78, 5) is 13.9. The molecule has 0 radical (unpaired) electrons. The number of aromatic amines is 2. The van der Waals surface area contributed by atoms with Crippen LogP contribution in [0, 0.1) is 27.7 Å². The van der Waals surface area contributed by atoms with Crippen LogP contribution in [0.4, 0.5) is 0 Å². The van der Waals surface area contributed by atoms with Crippen molar-refractivity contribution in [1.29, 1.82) is 0 Å². The molecule has 76 valence electrons. The van der Waals surface area contributed by atoms with Crippen molar-refractivity contribution in [3.8, 4) is 0 Å². The number of aryl methyl sites for hydroxylation is 4. The normalized spacial score (nSPS) is 9.43. The molecule has 2 aromatic heterocycles. The second-order valence-electron chi connectivity index (χ2n) is 3.26. The minimum Gasteiger partial charge on any atom is -0.348 e. The van der Waals surface area contributed by atoms with E-state index >= 15 is 0 Å². The highest BCUT2D eigenvalue weighted by atomic mass is 14.9. The molecule has 0 aliphatic heterocycles. The second-order valence-corrected chi connectivity index (χ2v) is 3.26. The maximum atomic E-state index is 3.96. The summed E-state index contributed by atoms with van der Waals surface area (Å²) in [6, 6.07) is 0. The predicted octanol–water partition coefficient (Wildman–Crippen LogP) is 2.05. The van der Waals surface area contributed by atoms with Crippen LogP contribution < -0.4 is 0 Å². The van der Waals surface area contributed by atoms with E-state index in [4.69, 9.17) is 0 Å². The van der Waals surface area contributed by atoms with Crippen LogP contribution in [0.2, 0.25) is 0 Å². The fraction of sp³-hybridized carbons (Fsp3) is 0.400. The average molecular weight is 192 g/mol. The summed E-state index contributed by atoms with van der Waals surface area (Å²) in [5, 5.41) is 0. The van der Waals surface area contributed by atoms with E-state index in [0.29, 0.717) is 0 Å². The van der Waals surface area contributed by atoms with Gasteiger partial charge in [0, 0.05) is 17.6 Å². The molecule has 4 nitrogen and oxygen atoms in total. The van der Waals surface area contributed by atoms with Crippen molar-refractivity contribution in [2.24, 2.45) is 0 Å². The Morgan fingerprint density at radius 3 is 1.93 bits per heavy atom. The van der Waals surface area contributed by atoms with Gasteiger partial charge in [-0.1, -0.05) is 0 Å². The second kappa shape index (κ2) is 4.60. The van der Waals surface area contributed by atoms with Crippen LogP contribution in [-0.4, -0.2) is 19.9 Å². The summed E-state index contributed by atoms with van der Waals surface area (Å²) >= 11 is 0. The van der Waals surface area contributed by atoms with Crippen molar-refractivity contribution < 1.29 is 0 Å². The molecule has 14 heavy (non-hydrogen) atoms. The molecule has 0 aliphatic carbocycles. The average Bonchev–Trinajstić information content (AvgIpc) is 2.65. The zero-order valence-electron chi connectivity index (χ0n) is 9.05. The van der Waals surface area contributed by atoms with E-state index in [1.165, 1.54) is 0 Å². The van der Waals surface area contributed by atoms with E-state index in [9.17, 15) is 0 Å². The third-order valence-corrected chi connectivity index (χ3v) is 1.91. The Bertz CT molecular complexity index is 353. The van der Waals surface area contributed by atoms with E-state index in [1.54, 1.807) is 6.33 Å². The maximum absolute atomic E-state index is 3.96. The zero-order valence-corrected chi connectivity index (χ0v) is 9.05. The van der Waals surface area contributed by atoms with Gasteiger partial charge in [0.05, 0.1) is 12.0 Å². The highest BCUT2D eigenvalue weighted by molar-refractivity contribution is 5.04. The first-order valence-corrected chi connectivity index (χ1v) is 4.54. The minimum atomic E-state index is 0.984. The predicted molar refractivity (Wildman–Crippen MR) is 56.1 cm³/mol. The zero-order chi connectivity index (χ0) is 10.6. The quantitative estimate of drug-likeness (QED) is 0.671. The number of H-pyrrole nitrogens is 2. The van der Waals surface area contributed by atoms with Crippen molar-refractivity contribution in [2.75, 3.05) is 0 Å². The Hall–Kier alpha value is -1.58. The Morgan fingerprint density at radius 2 is 1.79 bits per heavy atom. The largest absolute Gasteiger partial charge is 0.348 e. The van der Waals surface area contributed by atoms with Crippen LogP contribution in [0.3, 0.4) is 0 Å². The van der Waals surface area contributed by atoms with Crippen molar-refractivity contribution in [2.45, 2.75) is 27.7 Å². The van der Waals surface area contributed by atoms with Gasteiger partial charge in [0.25, 0.3) is 0 Å². The van der Waals surface area contributed by atoms with E-state index in [2.05, 4.69) is 19.9 Å². The third kappa shape index (κ3) is 3.05. The molecule has 2 heterocycles. The molecule has 0 amide bonds. The summed E-state index contributed by atoms with van der Waals surface area (Å²) in [5.41, 5.74) is 3.36. The lowest BCUT2D eigenvalue weighted by atomic mass is 10.4. The molecule has 0 saturated heterocycles. The molecule has 0 aliphatic rings. The molecule has 0 spiro atoms. The summed E-state index contributed by atoms with van der Waals surface area (Å²) in [7, 11) is 0. The van der Waals surface area contributed by atoms with Crippen LogP contribution in [0.5, 0.6) is 0 Å². The first kappa shape index (κ1) is 10.5. The van der Waals surface area contributed by atoms with Crippen LogP contribution in [0.15, 0.2) is 12.5 Å². The molecule has 4 heteroatoms. The molecular weight excluding hydrogens is 176 g/mol. The SMILES string of the molecule is Cc1cnc(C)[nH]1.Cc1nc[nH]c1C. The van der Waals surface area contributed by atoms with E-state index in [-0.39, 0.29) is 0 Å². The van der Waals surface area contributed by atoms with Gasteiger partial charge in [-0.25, -0.2) is 9.97 Å². The fourth-order valence-electron chi connectivity index (χ4n) is 0.971. The van der Waals surface area contributed by atoms with Crippen molar-refractivity contribution in [3.63, 3.8) is 0 Å². The standard InChI is InChI=1S/2C5H8N2/c1-4-5(2)7-3-6-4;1-4-3-6-5(2)7-4/h2*3H,1-2H3,(H,6,7).